The van der Waals surface area contributed by atoms with Gasteiger partial charge >= 0.3 is 0 Å². The van der Waals surface area contributed by atoms with E-state index in [0.29, 0.717) is 24.1 Å². The van der Waals surface area contributed by atoms with E-state index in [4.69, 9.17) is 9.94 Å². The summed E-state index contributed by atoms with van der Waals surface area (Å²) in [5.41, 5.74) is 4.99. The van der Waals surface area contributed by atoms with Crippen LogP contribution in [-0.2, 0) is 0 Å². The fourth-order valence-electron chi connectivity index (χ4n) is 2.63. The summed E-state index contributed by atoms with van der Waals surface area (Å²) in [5.74, 6) is 6.38. The lowest BCUT2D eigenvalue weighted by molar-refractivity contribution is 0.0705. The van der Waals surface area contributed by atoms with Gasteiger partial charge in [0.05, 0.1) is 12.3 Å². The van der Waals surface area contributed by atoms with Crippen LogP contribution in [-0.4, -0.2) is 27.7 Å². The zero-order chi connectivity index (χ0) is 21.3. The average Bonchev–Trinajstić information content (AvgIpc) is 2.77. The van der Waals surface area contributed by atoms with Gasteiger partial charge in [-0.1, -0.05) is 37.8 Å². The maximum Gasteiger partial charge on any atom is 0.274 e. The molecule has 6 heteroatoms. The Hall–Kier alpha value is -3.69. The molecule has 3 rings (SSSR count). The SMILES string of the molecule is CC(C)CCOc1cc(C(=O)NO)cc(-c2ccc(C#Cc3cccnc3)cc2)n1. The van der Waals surface area contributed by atoms with Gasteiger partial charge in [0.25, 0.3) is 5.91 Å². The molecule has 30 heavy (non-hydrogen) atoms. The van der Waals surface area contributed by atoms with Gasteiger partial charge in [-0.15, -0.1) is 0 Å². The number of carbonyl (C=O) groups is 1. The molecule has 0 saturated heterocycles. The van der Waals surface area contributed by atoms with E-state index in [1.165, 1.54) is 6.07 Å². The normalized spacial score (nSPS) is 10.3. The minimum absolute atomic E-state index is 0.266. The molecule has 0 fully saturated rings. The van der Waals surface area contributed by atoms with Crippen LogP contribution in [0.2, 0.25) is 0 Å². The Morgan fingerprint density at radius 2 is 1.90 bits per heavy atom. The summed E-state index contributed by atoms with van der Waals surface area (Å²) in [4.78, 5) is 20.5. The zero-order valence-corrected chi connectivity index (χ0v) is 16.9. The van der Waals surface area contributed by atoms with Crippen molar-refractivity contribution in [2.45, 2.75) is 20.3 Å². The van der Waals surface area contributed by atoms with E-state index in [1.54, 1.807) is 23.9 Å². The van der Waals surface area contributed by atoms with Crippen LogP contribution in [0.3, 0.4) is 0 Å². The zero-order valence-electron chi connectivity index (χ0n) is 16.9. The van der Waals surface area contributed by atoms with E-state index in [1.807, 2.05) is 36.4 Å². The van der Waals surface area contributed by atoms with E-state index in [0.717, 1.165) is 23.1 Å². The van der Waals surface area contributed by atoms with Crippen molar-refractivity contribution >= 4 is 5.91 Å². The van der Waals surface area contributed by atoms with Crippen molar-refractivity contribution in [2.24, 2.45) is 5.92 Å². The minimum atomic E-state index is -0.619. The predicted octanol–water partition coefficient (Wildman–Crippen LogP) is 4.09. The van der Waals surface area contributed by atoms with Crippen molar-refractivity contribution in [3.8, 4) is 29.0 Å². The molecule has 0 unspecified atom stereocenters. The second-order valence-corrected chi connectivity index (χ2v) is 7.12. The van der Waals surface area contributed by atoms with Crippen molar-refractivity contribution in [3.63, 3.8) is 0 Å². The van der Waals surface area contributed by atoms with Crippen LogP contribution < -0.4 is 10.2 Å². The molecule has 2 aromatic heterocycles. The van der Waals surface area contributed by atoms with Gasteiger partial charge in [0.1, 0.15) is 0 Å². The predicted molar refractivity (Wildman–Crippen MR) is 114 cm³/mol. The van der Waals surface area contributed by atoms with Crippen LogP contribution in [0, 0.1) is 17.8 Å². The molecule has 3 aromatic rings. The smallest absolute Gasteiger partial charge is 0.274 e. The Morgan fingerprint density at radius 1 is 1.13 bits per heavy atom. The maximum atomic E-state index is 11.9. The van der Waals surface area contributed by atoms with Gasteiger partial charge in [-0.25, -0.2) is 10.5 Å². The van der Waals surface area contributed by atoms with Gasteiger partial charge in [0.2, 0.25) is 5.88 Å². The molecule has 152 valence electrons. The number of nitrogens with zero attached hydrogens (tertiary/aromatic N) is 2. The first kappa shape index (κ1) is 21.0. The molecule has 2 heterocycles. The molecule has 0 spiro atoms. The highest BCUT2D eigenvalue weighted by atomic mass is 16.5. The fourth-order valence-corrected chi connectivity index (χ4v) is 2.63. The van der Waals surface area contributed by atoms with E-state index in [2.05, 4.69) is 35.7 Å². The third-order valence-electron chi connectivity index (χ3n) is 4.30. The molecular formula is C24H23N3O3. The first-order valence-electron chi connectivity index (χ1n) is 9.67. The van der Waals surface area contributed by atoms with Gasteiger partial charge in [0.15, 0.2) is 0 Å². The number of hydroxylamine groups is 1. The lowest BCUT2D eigenvalue weighted by Gasteiger charge is -2.11. The largest absolute Gasteiger partial charge is 0.478 e. The first-order chi connectivity index (χ1) is 14.5. The summed E-state index contributed by atoms with van der Waals surface area (Å²) in [6, 6.07) is 14.4. The van der Waals surface area contributed by atoms with E-state index < -0.39 is 5.91 Å². The Labute approximate surface area is 175 Å². The second kappa shape index (κ2) is 10.2. The average molecular weight is 401 g/mol. The highest BCUT2D eigenvalue weighted by Gasteiger charge is 2.12. The number of pyridine rings is 2. The number of carbonyl (C=O) groups excluding carboxylic acids is 1. The quantitative estimate of drug-likeness (QED) is 0.369. The lowest BCUT2D eigenvalue weighted by Crippen LogP contribution is -2.19. The van der Waals surface area contributed by atoms with Crippen LogP contribution in [0.25, 0.3) is 11.3 Å². The summed E-state index contributed by atoms with van der Waals surface area (Å²) in [7, 11) is 0. The number of aromatic nitrogens is 2. The van der Waals surface area contributed by atoms with Gasteiger partial charge in [-0.3, -0.25) is 15.0 Å². The second-order valence-electron chi connectivity index (χ2n) is 7.12. The van der Waals surface area contributed by atoms with Crippen LogP contribution in [0.1, 0.15) is 41.8 Å². The van der Waals surface area contributed by atoms with Gasteiger partial charge in [-0.2, -0.15) is 0 Å². The molecule has 0 bridgehead atoms. The van der Waals surface area contributed by atoms with Crippen molar-refractivity contribution in [2.75, 3.05) is 6.61 Å². The van der Waals surface area contributed by atoms with Crippen LogP contribution in [0.4, 0.5) is 0 Å². The Morgan fingerprint density at radius 3 is 2.57 bits per heavy atom. The van der Waals surface area contributed by atoms with Crippen molar-refractivity contribution < 1.29 is 14.7 Å². The third-order valence-corrected chi connectivity index (χ3v) is 4.30. The van der Waals surface area contributed by atoms with Crippen LogP contribution in [0.15, 0.2) is 60.9 Å². The van der Waals surface area contributed by atoms with Gasteiger partial charge in [0, 0.05) is 40.7 Å². The summed E-state index contributed by atoms with van der Waals surface area (Å²) in [5, 5.41) is 9.00. The summed E-state index contributed by atoms with van der Waals surface area (Å²) in [6.45, 7) is 4.71. The van der Waals surface area contributed by atoms with E-state index in [-0.39, 0.29) is 5.56 Å². The number of hydrogen-bond acceptors (Lipinski definition) is 5. The lowest BCUT2D eigenvalue weighted by atomic mass is 10.1. The molecule has 0 atom stereocenters. The Bertz CT molecular complexity index is 1050. The number of hydrogen-bond donors (Lipinski definition) is 2. The Kier molecular flexibility index (Phi) is 7.14. The topological polar surface area (TPSA) is 84.3 Å². The maximum absolute atomic E-state index is 11.9. The molecule has 2 N–H and O–H groups in total. The standard InChI is InChI=1S/C24H23N3O3/c1-17(2)11-13-30-23-15-21(24(28)27-29)14-22(26-23)20-9-7-18(8-10-20)5-6-19-4-3-12-25-16-19/h3-4,7-10,12,14-17,29H,11,13H2,1-2H3,(H,27,28). The number of benzene rings is 1. The molecular weight excluding hydrogens is 378 g/mol. The number of ether oxygens (including phenoxy) is 1. The monoisotopic (exact) mass is 401 g/mol. The molecule has 0 radical (unpaired) electrons. The highest BCUT2D eigenvalue weighted by Crippen LogP contribution is 2.23. The fraction of sp³-hybridized carbons (Fsp3) is 0.208. The highest BCUT2D eigenvalue weighted by molar-refractivity contribution is 5.94. The van der Waals surface area contributed by atoms with Crippen molar-refractivity contribution in [1.82, 2.24) is 15.4 Å². The minimum Gasteiger partial charge on any atom is -0.478 e. The summed E-state index contributed by atoms with van der Waals surface area (Å²) < 4.78 is 5.72. The van der Waals surface area contributed by atoms with Crippen molar-refractivity contribution in [3.05, 3.63) is 77.6 Å². The summed E-state index contributed by atoms with van der Waals surface area (Å²) in [6.07, 6.45) is 4.29. The first-order valence-corrected chi connectivity index (χ1v) is 9.67. The molecule has 1 amide bonds. The summed E-state index contributed by atoms with van der Waals surface area (Å²) >= 11 is 0. The van der Waals surface area contributed by atoms with Crippen LogP contribution >= 0.6 is 0 Å². The molecule has 0 aliphatic carbocycles. The number of nitrogens with one attached hydrogen (secondary N) is 1. The molecule has 0 saturated carbocycles. The molecule has 0 aliphatic rings. The third kappa shape index (κ3) is 5.90. The Balaban J connectivity index is 1.84. The van der Waals surface area contributed by atoms with Gasteiger partial charge < -0.3 is 4.74 Å². The van der Waals surface area contributed by atoms with Crippen LogP contribution in [0.5, 0.6) is 5.88 Å². The van der Waals surface area contributed by atoms with E-state index >= 15 is 0 Å². The number of amides is 1. The molecule has 6 nitrogen and oxygen atoms in total. The van der Waals surface area contributed by atoms with E-state index in [9.17, 15) is 4.79 Å². The van der Waals surface area contributed by atoms with Gasteiger partial charge in [-0.05, 0) is 42.7 Å². The molecule has 1 aromatic carbocycles. The van der Waals surface area contributed by atoms with Crippen molar-refractivity contribution in [1.29, 1.82) is 0 Å². The molecule has 0 aliphatic heterocycles. The number of rotatable bonds is 6.